The van der Waals surface area contributed by atoms with E-state index in [4.69, 9.17) is 0 Å². The zero-order valence-electron chi connectivity index (χ0n) is 4.91. The Hall–Kier alpha value is -0.990. The molecule has 0 amide bonds. The number of nitrogens with zero attached hydrogens (tertiary/aromatic N) is 3. The molecule has 3 nitrogen and oxygen atoms in total. The van der Waals surface area contributed by atoms with Crippen LogP contribution in [-0.2, 0) is 0 Å². The molecular weight excluding hydrogens is 102 g/mol. The van der Waals surface area contributed by atoms with Crippen molar-refractivity contribution in [3.8, 4) is 0 Å². The van der Waals surface area contributed by atoms with Crippen LogP contribution in [0.4, 0.5) is 0 Å². The number of aliphatic imine (C=N–C) groups is 3. The molecule has 0 saturated heterocycles. The summed E-state index contributed by atoms with van der Waals surface area (Å²) in [6.45, 7) is 5.89. The smallest absolute Gasteiger partial charge is 0.116 e. The number of hydrogen-bond donors (Lipinski definition) is 0. The lowest BCUT2D eigenvalue weighted by Gasteiger charge is -1.73. The minimum absolute atomic E-state index is 0.758. The highest BCUT2D eigenvalue weighted by atomic mass is 14.9. The molecule has 0 aromatic heterocycles. The van der Waals surface area contributed by atoms with Gasteiger partial charge >= 0.3 is 0 Å². The Bertz CT molecular complexity index is 104. The second-order valence-electron chi connectivity index (χ2n) is 1.06. The van der Waals surface area contributed by atoms with Crippen LogP contribution < -0.4 is 0 Å². The first-order valence-corrected chi connectivity index (χ1v) is 2.37. The van der Waals surface area contributed by atoms with Gasteiger partial charge in [-0.05, 0) is 13.6 Å². The van der Waals surface area contributed by atoms with Gasteiger partial charge in [0.2, 0.25) is 0 Å². The average molecular weight is 111 g/mol. The van der Waals surface area contributed by atoms with Crippen LogP contribution in [0.1, 0.15) is 6.92 Å². The summed E-state index contributed by atoms with van der Waals surface area (Å²) in [7, 11) is 0. The molecule has 0 heterocycles. The van der Waals surface area contributed by atoms with E-state index in [1.165, 1.54) is 12.7 Å². The van der Waals surface area contributed by atoms with E-state index < -0.39 is 0 Å². The molecule has 0 saturated carbocycles. The molecule has 0 aliphatic rings. The van der Waals surface area contributed by atoms with E-state index in [1.54, 1.807) is 0 Å². The predicted octanol–water partition coefficient (Wildman–Crippen LogP) is 0.763. The maximum absolute atomic E-state index is 3.80. The minimum Gasteiger partial charge on any atom is -0.274 e. The Balaban J connectivity index is 3.26. The van der Waals surface area contributed by atoms with Crippen LogP contribution in [0, 0.1) is 0 Å². The normalized spacial score (nSPS) is 11.1. The van der Waals surface area contributed by atoms with Crippen LogP contribution in [0.2, 0.25) is 0 Å². The van der Waals surface area contributed by atoms with Crippen LogP contribution in [0.25, 0.3) is 0 Å². The van der Waals surface area contributed by atoms with Crippen molar-refractivity contribution in [1.82, 2.24) is 0 Å². The third kappa shape index (κ3) is 5.01. The quantitative estimate of drug-likeness (QED) is 0.381. The topological polar surface area (TPSA) is 37.1 Å². The van der Waals surface area contributed by atoms with Crippen LogP contribution in [0.15, 0.2) is 15.0 Å². The molecule has 0 spiro atoms. The fourth-order valence-electron chi connectivity index (χ4n) is 0.206. The SMILES string of the molecule is C=NC=NC=NCC. The molecule has 0 aromatic carbocycles. The molecule has 8 heavy (non-hydrogen) atoms. The molecule has 0 radical (unpaired) electrons. The first kappa shape index (κ1) is 7.01. The van der Waals surface area contributed by atoms with Gasteiger partial charge in [-0.2, -0.15) is 0 Å². The van der Waals surface area contributed by atoms with Gasteiger partial charge < -0.3 is 0 Å². The summed E-state index contributed by atoms with van der Waals surface area (Å²) in [4.78, 5) is 10.8. The van der Waals surface area contributed by atoms with Gasteiger partial charge in [-0.25, -0.2) is 4.99 Å². The van der Waals surface area contributed by atoms with Gasteiger partial charge in [-0.3, -0.25) is 9.98 Å². The van der Waals surface area contributed by atoms with Crippen molar-refractivity contribution >= 4 is 19.4 Å². The molecule has 3 heteroatoms. The van der Waals surface area contributed by atoms with E-state index >= 15 is 0 Å². The van der Waals surface area contributed by atoms with Crippen LogP contribution >= 0.6 is 0 Å². The number of hydrogen-bond acceptors (Lipinski definition) is 1. The Kier molecular flexibility index (Phi) is 5.27. The highest BCUT2D eigenvalue weighted by Crippen LogP contribution is 1.63. The fourth-order valence-corrected chi connectivity index (χ4v) is 0.206. The van der Waals surface area contributed by atoms with Crippen LogP contribution in [0.3, 0.4) is 0 Å². The molecule has 44 valence electrons. The van der Waals surface area contributed by atoms with E-state index in [0.717, 1.165) is 6.54 Å². The van der Waals surface area contributed by atoms with Crippen molar-refractivity contribution in [1.29, 1.82) is 0 Å². The summed E-state index contributed by atoms with van der Waals surface area (Å²) in [5, 5.41) is 0. The maximum Gasteiger partial charge on any atom is 0.116 e. The summed E-state index contributed by atoms with van der Waals surface area (Å²) in [5.74, 6) is 0. The molecule has 0 unspecified atom stereocenters. The Morgan fingerprint density at radius 2 is 2.25 bits per heavy atom. The third-order valence-electron chi connectivity index (χ3n) is 0.479. The van der Waals surface area contributed by atoms with Gasteiger partial charge in [0.05, 0.1) is 0 Å². The largest absolute Gasteiger partial charge is 0.274 e. The highest BCUT2D eigenvalue weighted by molar-refractivity contribution is 5.73. The summed E-state index contributed by atoms with van der Waals surface area (Å²) in [6, 6.07) is 0. The predicted molar refractivity (Wildman–Crippen MR) is 37.1 cm³/mol. The molecule has 0 rings (SSSR count). The van der Waals surface area contributed by atoms with Gasteiger partial charge in [0.1, 0.15) is 12.7 Å². The van der Waals surface area contributed by atoms with Gasteiger partial charge in [-0.15, -0.1) is 0 Å². The average Bonchev–Trinajstić information content (AvgIpc) is 1.81. The second kappa shape index (κ2) is 6.01. The van der Waals surface area contributed by atoms with Crippen molar-refractivity contribution < 1.29 is 0 Å². The van der Waals surface area contributed by atoms with Crippen LogP contribution in [0.5, 0.6) is 0 Å². The molecule has 0 aromatic rings. The fraction of sp³-hybridized carbons (Fsp3) is 0.400. The standard InChI is InChI=1S/C5H9N3/c1-3-7-5-8-4-6-2/h4-5H,2-3H2,1H3. The zero-order valence-corrected chi connectivity index (χ0v) is 4.91. The lowest BCUT2D eigenvalue weighted by molar-refractivity contribution is 1.14. The van der Waals surface area contributed by atoms with Crippen molar-refractivity contribution in [2.75, 3.05) is 6.54 Å². The van der Waals surface area contributed by atoms with Gasteiger partial charge in [-0.1, -0.05) is 0 Å². The summed E-state index contributed by atoms with van der Waals surface area (Å²) in [5.41, 5.74) is 0. The molecular formula is C5H9N3. The van der Waals surface area contributed by atoms with E-state index in [0.29, 0.717) is 0 Å². The van der Waals surface area contributed by atoms with E-state index in [9.17, 15) is 0 Å². The van der Waals surface area contributed by atoms with Crippen LogP contribution in [-0.4, -0.2) is 25.9 Å². The highest BCUT2D eigenvalue weighted by Gasteiger charge is 1.59. The second-order valence-corrected chi connectivity index (χ2v) is 1.06. The zero-order chi connectivity index (χ0) is 6.24. The molecule has 0 fully saturated rings. The van der Waals surface area contributed by atoms with E-state index in [1.807, 2.05) is 6.92 Å². The monoisotopic (exact) mass is 111 g/mol. The molecule has 0 aliphatic heterocycles. The van der Waals surface area contributed by atoms with Gasteiger partial charge in [0.25, 0.3) is 0 Å². The van der Waals surface area contributed by atoms with Crippen molar-refractivity contribution in [2.24, 2.45) is 15.0 Å². The Morgan fingerprint density at radius 1 is 1.50 bits per heavy atom. The van der Waals surface area contributed by atoms with Crippen molar-refractivity contribution in [3.05, 3.63) is 0 Å². The molecule has 0 bridgehead atoms. The molecule has 0 N–H and O–H groups in total. The van der Waals surface area contributed by atoms with Crippen molar-refractivity contribution in [3.63, 3.8) is 0 Å². The first-order chi connectivity index (χ1) is 3.91. The lowest BCUT2D eigenvalue weighted by atomic mass is 10.8. The number of rotatable bonds is 3. The lowest BCUT2D eigenvalue weighted by Crippen LogP contribution is -1.70. The molecule has 0 aliphatic carbocycles. The first-order valence-electron chi connectivity index (χ1n) is 2.37. The van der Waals surface area contributed by atoms with Gasteiger partial charge in [0, 0.05) is 6.54 Å². The van der Waals surface area contributed by atoms with Gasteiger partial charge in [0.15, 0.2) is 0 Å². The maximum atomic E-state index is 3.80. The minimum atomic E-state index is 0.758. The van der Waals surface area contributed by atoms with E-state index in [2.05, 4.69) is 21.7 Å². The summed E-state index contributed by atoms with van der Waals surface area (Å²) < 4.78 is 0. The van der Waals surface area contributed by atoms with E-state index in [-0.39, 0.29) is 0 Å². The van der Waals surface area contributed by atoms with Crippen molar-refractivity contribution in [2.45, 2.75) is 6.92 Å². The summed E-state index contributed by atoms with van der Waals surface area (Å²) in [6.07, 6.45) is 2.80. The summed E-state index contributed by atoms with van der Waals surface area (Å²) >= 11 is 0. The Labute approximate surface area is 48.9 Å². The third-order valence-corrected chi connectivity index (χ3v) is 0.479. The molecule has 0 atom stereocenters. The Morgan fingerprint density at radius 3 is 2.75 bits per heavy atom.